The predicted octanol–water partition coefficient (Wildman–Crippen LogP) is 11.9. The molecule has 0 spiro atoms. The molecule has 3 N–H and O–H groups in total. The highest BCUT2D eigenvalue weighted by Crippen LogP contribution is 2.55. The van der Waals surface area contributed by atoms with Crippen molar-refractivity contribution in [1.82, 2.24) is 73.9 Å². The molecule has 12 heterocycles. The summed E-state index contributed by atoms with van der Waals surface area (Å²) in [5.74, 6) is 0.437. The molecule has 8 fully saturated rings. The van der Waals surface area contributed by atoms with Gasteiger partial charge in [-0.3, -0.25) is 14.0 Å². The van der Waals surface area contributed by atoms with Gasteiger partial charge < -0.3 is 30.7 Å². The van der Waals surface area contributed by atoms with E-state index in [9.17, 15) is 27.6 Å². The normalized spacial score (nSPS) is 25.0. The third-order valence-corrected chi connectivity index (χ3v) is 20.5. The van der Waals surface area contributed by atoms with E-state index in [1.807, 2.05) is 129 Å². The number of urea groups is 3. The Bertz CT molecular complexity index is 4320. The Hall–Kier alpha value is -9.87. The van der Waals surface area contributed by atoms with Gasteiger partial charge in [-0.05, 0) is 179 Å². The van der Waals surface area contributed by atoms with Crippen molar-refractivity contribution in [1.29, 1.82) is 0 Å². The van der Waals surface area contributed by atoms with E-state index in [2.05, 4.69) is 70.3 Å². The van der Waals surface area contributed by atoms with Crippen LogP contribution in [0.25, 0.3) is 34.2 Å². The monoisotopic (exact) mass is 1260 g/mol. The van der Waals surface area contributed by atoms with Crippen LogP contribution in [0, 0.1) is 56.0 Å². The summed E-state index contributed by atoms with van der Waals surface area (Å²) in [6.07, 6.45) is 27.6. The summed E-state index contributed by atoms with van der Waals surface area (Å²) in [5.41, 5.74) is 7.27. The smallest absolute Gasteiger partial charge is 0.314 e. The molecular weight excluding hydrogens is 1190 g/mol. The van der Waals surface area contributed by atoms with Gasteiger partial charge in [0.2, 0.25) is 0 Å². The van der Waals surface area contributed by atoms with Crippen LogP contribution < -0.4 is 16.0 Å². The Morgan fingerprint density at radius 2 is 0.839 bits per heavy atom. The van der Waals surface area contributed by atoms with Crippen molar-refractivity contribution < 1.29 is 27.6 Å². The third-order valence-electron chi connectivity index (χ3n) is 20.5. The van der Waals surface area contributed by atoms with Crippen molar-refractivity contribution in [2.45, 2.75) is 153 Å². The van der Waals surface area contributed by atoms with Crippen molar-refractivity contribution in [2.24, 2.45) is 17.8 Å². The second-order valence-corrected chi connectivity index (χ2v) is 27.3. The molecule has 9 atom stereocenters. The molecule has 6 aromatic heterocycles. The fourth-order valence-electron chi connectivity index (χ4n) is 17.0. The second-order valence-electron chi connectivity index (χ2n) is 27.3. The SMILES string of the molecule is Cc1ccc(NC(=O)N2C3C[C@H](C)CC2(Cn2cc(C[C@H]4C[C@@H]5C[C@](Cn6cc(C[C@@H]7C[C@H]8C[C@@](Cn9cccn9)(C7)N8C(=O)Nc7ccc(C)c(-c8ncc(F)cn8)c7)cn6)(C4)N5C(=O)Nc4ccc(C)c(-c5ncc(F)cn5)c4)cn2)C3)cc1-c1ncc(F)cn1. The van der Waals surface area contributed by atoms with Gasteiger partial charge >= 0.3 is 18.1 Å². The van der Waals surface area contributed by atoms with Crippen LogP contribution >= 0.6 is 0 Å². The molecule has 8 aliphatic rings. The molecule has 476 valence electrons. The highest BCUT2D eigenvalue weighted by molar-refractivity contribution is 5.93. The van der Waals surface area contributed by atoms with Gasteiger partial charge in [0.15, 0.2) is 34.9 Å². The highest BCUT2D eigenvalue weighted by Gasteiger charge is 2.61. The molecule has 21 nitrogen and oxygen atoms in total. The second kappa shape index (κ2) is 23.4. The van der Waals surface area contributed by atoms with Gasteiger partial charge in [-0.1, -0.05) is 25.1 Å². The molecule has 6 aliphatic heterocycles. The zero-order valence-electron chi connectivity index (χ0n) is 52.1. The molecule has 9 aromatic rings. The lowest BCUT2D eigenvalue weighted by Gasteiger charge is -2.63. The van der Waals surface area contributed by atoms with Gasteiger partial charge in [0.1, 0.15) is 0 Å². The average Bonchev–Trinajstić information content (AvgIpc) is 1.40. The van der Waals surface area contributed by atoms with Crippen molar-refractivity contribution in [3.05, 3.63) is 180 Å². The average molecular weight is 1260 g/mol. The maximum atomic E-state index is 14.9. The molecule has 2 unspecified atom stereocenters. The number of carbonyl (C=O) groups is 3. The van der Waals surface area contributed by atoms with Gasteiger partial charge in [-0.15, -0.1) is 0 Å². The standard InChI is InChI=1S/C69H71F3N18O3/c1-41-14-55-25-67(22-41,88(55)64(91)82-52-9-6-42(2)58(19-52)61-73-30-49(70)31-74-61)39-86-36-47(28-80-86)16-46-18-57-27-69(24-46,90(57)66(93)84-54-11-8-44(4)60(21-54)63-77-34-51(72)35-78-63)40-87-37-48(29-81-87)15-45-17-56-26-68(23-45,38-85-13-5-12-79-85)89(56)65(92)83-53-10-7-43(3)59(20-53)62-75-32-50(71)33-76-62/h5-13,19-21,28-37,41,45-46,55-57H,14-18,22-27,38-40H2,1-4H3,(H,82,91)(H,83,92)(H,84,93)/t41-,45+,46-,55?,56-,57+,67?,68+,69-/m0/s1. The summed E-state index contributed by atoms with van der Waals surface area (Å²) in [7, 11) is 0. The lowest BCUT2D eigenvalue weighted by molar-refractivity contribution is -0.103. The molecule has 6 saturated heterocycles. The van der Waals surface area contributed by atoms with Crippen molar-refractivity contribution >= 4 is 35.2 Å². The first kappa shape index (κ1) is 59.4. The summed E-state index contributed by atoms with van der Waals surface area (Å²) >= 11 is 0. The number of rotatable bonds is 16. The highest BCUT2D eigenvalue weighted by atomic mass is 19.1. The van der Waals surface area contributed by atoms with Crippen LogP contribution in [0.3, 0.4) is 0 Å². The number of halogens is 3. The topological polar surface area (TPSA) is 228 Å². The number of piperidine rings is 3. The lowest BCUT2D eigenvalue weighted by atomic mass is 9.62. The first-order chi connectivity index (χ1) is 44.9. The van der Waals surface area contributed by atoms with Gasteiger partial charge in [0.05, 0.1) is 85.8 Å². The Labute approximate surface area is 535 Å². The number of benzene rings is 3. The predicted molar refractivity (Wildman–Crippen MR) is 340 cm³/mol. The minimum Gasteiger partial charge on any atom is -0.314 e. The number of carbonyl (C=O) groups excluding carboxylic acids is 3. The van der Waals surface area contributed by atoms with E-state index >= 15 is 0 Å². The fourth-order valence-corrected chi connectivity index (χ4v) is 17.0. The summed E-state index contributed by atoms with van der Waals surface area (Å²) in [6.45, 7) is 9.62. The van der Waals surface area contributed by atoms with Crippen LogP contribution in [-0.4, -0.2) is 127 Å². The fraction of sp³-hybridized carbons (Fsp3) is 0.391. The van der Waals surface area contributed by atoms with Crippen LogP contribution in [0.2, 0.25) is 0 Å². The molecule has 2 aliphatic carbocycles. The number of aromatic nitrogens is 12. The lowest BCUT2D eigenvalue weighted by Crippen LogP contribution is -2.74. The zero-order valence-corrected chi connectivity index (χ0v) is 52.1. The van der Waals surface area contributed by atoms with E-state index in [1.165, 1.54) is 0 Å². The Balaban J connectivity index is 0.646. The van der Waals surface area contributed by atoms with Gasteiger partial charge in [-0.25, -0.2) is 57.5 Å². The van der Waals surface area contributed by atoms with E-state index in [4.69, 9.17) is 10.2 Å². The minimum absolute atomic E-state index is 0.00553. The van der Waals surface area contributed by atoms with Crippen LogP contribution in [0.15, 0.2) is 135 Å². The number of nitrogens with one attached hydrogen (secondary N) is 3. The first-order valence-corrected chi connectivity index (χ1v) is 32.0. The number of amides is 6. The molecule has 3 aromatic carbocycles. The van der Waals surface area contributed by atoms with Crippen LogP contribution in [0.5, 0.6) is 0 Å². The summed E-state index contributed by atoms with van der Waals surface area (Å²) in [4.78, 5) is 75.0. The van der Waals surface area contributed by atoms with Gasteiger partial charge in [0.25, 0.3) is 0 Å². The summed E-state index contributed by atoms with van der Waals surface area (Å²) < 4.78 is 47.3. The number of aryl methyl sites for hydroxylation is 3. The molecule has 6 amide bonds. The largest absolute Gasteiger partial charge is 0.322 e. The van der Waals surface area contributed by atoms with E-state index < -0.39 is 34.1 Å². The minimum atomic E-state index is -0.570. The maximum absolute atomic E-state index is 14.9. The number of anilines is 3. The zero-order chi connectivity index (χ0) is 63.9. The summed E-state index contributed by atoms with van der Waals surface area (Å²) in [5, 5.41) is 24.1. The molecule has 17 rings (SSSR count). The van der Waals surface area contributed by atoms with Gasteiger partial charge in [0, 0.05) is 76.7 Å². The van der Waals surface area contributed by atoms with E-state index in [0.29, 0.717) is 76.8 Å². The van der Waals surface area contributed by atoms with E-state index in [1.54, 1.807) is 6.20 Å². The van der Waals surface area contributed by atoms with Gasteiger partial charge in [-0.2, -0.15) is 15.3 Å². The Morgan fingerprint density at radius 3 is 1.22 bits per heavy atom. The molecule has 6 bridgehead atoms. The maximum Gasteiger partial charge on any atom is 0.322 e. The van der Waals surface area contributed by atoms with Crippen LogP contribution in [0.1, 0.15) is 92.5 Å². The molecule has 0 radical (unpaired) electrons. The number of hydrogen-bond acceptors (Lipinski definition) is 12. The Kier molecular flexibility index (Phi) is 14.9. The molecule has 2 saturated carbocycles. The summed E-state index contributed by atoms with van der Waals surface area (Å²) in [6, 6.07) is 18.2. The number of hydrogen-bond donors (Lipinski definition) is 3. The van der Waals surface area contributed by atoms with Crippen LogP contribution in [0.4, 0.5) is 44.6 Å². The van der Waals surface area contributed by atoms with Crippen molar-refractivity contribution in [2.75, 3.05) is 16.0 Å². The number of fused-ring (bicyclic) bond motifs is 6. The number of nitrogens with zero attached hydrogens (tertiary/aromatic N) is 15. The Morgan fingerprint density at radius 1 is 0.473 bits per heavy atom. The molecular formula is C69H71F3N18O3. The van der Waals surface area contributed by atoms with E-state index in [-0.39, 0.29) is 48.1 Å². The molecule has 93 heavy (non-hydrogen) atoms. The van der Waals surface area contributed by atoms with Crippen molar-refractivity contribution in [3.8, 4) is 34.2 Å². The van der Waals surface area contributed by atoms with Crippen molar-refractivity contribution in [3.63, 3.8) is 0 Å². The quantitative estimate of drug-likeness (QED) is 0.0821. The van der Waals surface area contributed by atoms with Crippen LogP contribution in [-0.2, 0) is 32.5 Å². The van der Waals surface area contributed by atoms with E-state index in [0.717, 1.165) is 136 Å². The molecule has 24 heteroatoms. The third kappa shape index (κ3) is 11.4. The first-order valence-electron chi connectivity index (χ1n) is 32.0.